The van der Waals surface area contributed by atoms with Crippen LogP contribution in [0.5, 0.6) is 0 Å². The number of halogens is 1. The Morgan fingerprint density at radius 2 is 1.94 bits per heavy atom. The number of hydrogen-bond acceptors (Lipinski definition) is 2. The van der Waals surface area contributed by atoms with Gasteiger partial charge >= 0.3 is 0 Å². The van der Waals surface area contributed by atoms with E-state index in [1.54, 1.807) is 0 Å². The van der Waals surface area contributed by atoms with Gasteiger partial charge in [-0.25, -0.2) is 8.42 Å². The normalized spacial score (nSPS) is 26.6. The molecule has 1 aliphatic rings. The summed E-state index contributed by atoms with van der Waals surface area (Å²) < 4.78 is 23.0. The molecule has 1 aromatic carbocycles. The van der Waals surface area contributed by atoms with Gasteiger partial charge in [0.25, 0.3) is 0 Å². The Bertz CT molecular complexity index is 469. The third-order valence-electron chi connectivity index (χ3n) is 3.52. The first-order valence-corrected chi connectivity index (χ1v) is 8.63. The molecule has 0 amide bonds. The lowest BCUT2D eigenvalue weighted by atomic mass is 9.90. The fraction of sp³-hybridized carbons (Fsp3) is 0.538. The molecule has 0 aliphatic carbocycles. The minimum Gasteiger partial charge on any atom is -0.229 e. The van der Waals surface area contributed by atoms with Crippen LogP contribution >= 0.6 is 15.9 Å². The fourth-order valence-corrected chi connectivity index (χ4v) is 5.28. The first kappa shape index (κ1) is 13.1. The summed E-state index contributed by atoms with van der Waals surface area (Å²) in [6, 6.07) is 10.2. The van der Waals surface area contributed by atoms with Gasteiger partial charge in [0, 0.05) is 4.83 Å². The van der Waals surface area contributed by atoms with E-state index in [2.05, 4.69) is 35.0 Å². The summed E-state index contributed by atoms with van der Waals surface area (Å²) in [7, 11) is -2.79. The molecular formula is C13H17BrO2S. The highest BCUT2D eigenvalue weighted by Crippen LogP contribution is 2.35. The van der Waals surface area contributed by atoms with Gasteiger partial charge in [0.1, 0.15) is 0 Å². The molecule has 2 nitrogen and oxygen atoms in total. The van der Waals surface area contributed by atoms with Crippen LogP contribution in [0.15, 0.2) is 30.3 Å². The van der Waals surface area contributed by atoms with Crippen LogP contribution in [0.3, 0.4) is 0 Å². The number of hydrogen-bond donors (Lipinski definition) is 0. The van der Waals surface area contributed by atoms with Gasteiger partial charge in [0.2, 0.25) is 0 Å². The molecule has 1 fully saturated rings. The van der Waals surface area contributed by atoms with E-state index in [0.29, 0.717) is 17.4 Å². The van der Waals surface area contributed by atoms with Crippen LogP contribution in [-0.4, -0.2) is 24.8 Å². The average Bonchev–Trinajstić information content (AvgIpc) is 2.69. The Balaban J connectivity index is 2.08. The third kappa shape index (κ3) is 3.10. The van der Waals surface area contributed by atoms with Crippen LogP contribution in [0, 0.1) is 5.92 Å². The van der Waals surface area contributed by atoms with Crippen molar-refractivity contribution in [1.82, 2.24) is 0 Å². The predicted molar refractivity (Wildman–Crippen MR) is 74.3 cm³/mol. The maximum atomic E-state index is 11.5. The van der Waals surface area contributed by atoms with E-state index in [4.69, 9.17) is 0 Å². The lowest BCUT2D eigenvalue weighted by Gasteiger charge is -2.23. The summed E-state index contributed by atoms with van der Waals surface area (Å²) in [4.78, 5) is 0.238. The molecule has 0 aromatic heterocycles. The van der Waals surface area contributed by atoms with E-state index in [-0.39, 0.29) is 10.7 Å². The fourth-order valence-electron chi connectivity index (χ4n) is 2.42. The van der Waals surface area contributed by atoms with Crippen LogP contribution in [0.2, 0.25) is 0 Å². The first-order valence-electron chi connectivity index (χ1n) is 5.89. The van der Waals surface area contributed by atoms with Crippen molar-refractivity contribution in [3.05, 3.63) is 35.9 Å². The highest BCUT2D eigenvalue weighted by molar-refractivity contribution is 9.09. The summed E-state index contributed by atoms with van der Waals surface area (Å²) in [5.41, 5.74) is 1.26. The molecular weight excluding hydrogens is 300 g/mol. The molecule has 3 unspecified atom stereocenters. The number of sulfone groups is 1. The second-order valence-electron chi connectivity index (χ2n) is 4.81. The number of benzene rings is 1. The number of alkyl halides is 1. The van der Waals surface area contributed by atoms with Crippen molar-refractivity contribution in [3.8, 4) is 0 Å². The molecule has 4 heteroatoms. The SMILES string of the molecule is CC(c1ccccc1)C(Br)C1CCS(=O)(=O)C1. The maximum absolute atomic E-state index is 11.5. The van der Waals surface area contributed by atoms with E-state index < -0.39 is 9.84 Å². The molecule has 1 aromatic rings. The van der Waals surface area contributed by atoms with Gasteiger partial charge < -0.3 is 0 Å². The molecule has 2 rings (SSSR count). The lowest BCUT2D eigenvalue weighted by molar-refractivity contribution is 0.516. The third-order valence-corrected chi connectivity index (χ3v) is 6.86. The molecule has 1 saturated heterocycles. The van der Waals surface area contributed by atoms with Crippen molar-refractivity contribution in [1.29, 1.82) is 0 Å². The van der Waals surface area contributed by atoms with Gasteiger partial charge in [-0.05, 0) is 23.8 Å². The standard InChI is InChI=1S/C13H17BrO2S/c1-10(11-5-3-2-4-6-11)13(14)12-7-8-17(15,16)9-12/h2-6,10,12-13H,7-9H2,1H3. The van der Waals surface area contributed by atoms with Crippen LogP contribution in [0.4, 0.5) is 0 Å². The van der Waals surface area contributed by atoms with Gasteiger partial charge in [-0.2, -0.15) is 0 Å². The Kier molecular flexibility index (Phi) is 3.93. The topological polar surface area (TPSA) is 34.1 Å². The Hall–Kier alpha value is -0.350. The molecule has 0 saturated carbocycles. The molecule has 17 heavy (non-hydrogen) atoms. The Morgan fingerprint density at radius 3 is 2.47 bits per heavy atom. The van der Waals surface area contributed by atoms with Gasteiger partial charge in [-0.1, -0.05) is 53.2 Å². The number of rotatable bonds is 3. The summed E-state index contributed by atoms with van der Waals surface area (Å²) in [5, 5.41) is 0. The minimum absolute atomic E-state index is 0.238. The summed E-state index contributed by atoms with van der Waals surface area (Å²) >= 11 is 3.69. The molecule has 1 heterocycles. The summed E-state index contributed by atoms with van der Waals surface area (Å²) in [5.74, 6) is 1.27. The van der Waals surface area contributed by atoms with Crippen molar-refractivity contribution in [3.63, 3.8) is 0 Å². The smallest absolute Gasteiger partial charge is 0.150 e. The highest BCUT2D eigenvalue weighted by atomic mass is 79.9. The lowest BCUT2D eigenvalue weighted by Crippen LogP contribution is -2.21. The van der Waals surface area contributed by atoms with Crippen LogP contribution in [-0.2, 0) is 9.84 Å². The van der Waals surface area contributed by atoms with E-state index in [1.165, 1.54) is 5.56 Å². The molecule has 0 spiro atoms. The van der Waals surface area contributed by atoms with E-state index in [1.807, 2.05) is 18.2 Å². The second-order valence-corrected chi connectivity index (χ2v) is 8.09. The molecule has 0 N–H and O–H groups in total. The van der Waals surface area contributed by atoms with Gasteiger partial charge in [0.05, 0.1) is 11.5 Å². The zero-order valence-corrected chi connectivity index (χ0v) is 12.2. The first-order chi connectivity index (χ1) is 7.99. The molecule has 0 bridgehead atoms. The minimum atomic E-state index is -2.79. The zero-order valence-electron chi connectivity index (χ0n) is 9.84. The average molecular weight is 317 g/mol. The monoisotopic (exact) mass is 316 g/mol. The molecule has 94 valence electrons. The summed E-state index contributed by atoms with van der Waals surface area (Å²) in [6.45, 7) is 2.15. The molecule has 1 aliphatic heterocycles. The van der Waals surface area contributed by atoms with Crippen molar-refractivity contribution in [2.45, 2.75) is 24.1 Å². The highest BCUT2D eigenvalue weighted by Gasteiger charge is 2.35. The van der Waals surface area contributed by atoms with E-state index in [0.717, 1.165) is 6.42 Å². The van der Waals surface area contributed by atoms with Crippen LogP contribution in [0.1, 0.15) is 24.8 Å². The van der Waals surface area contributed by atoms with Crippen molar-refractivity contribution >= 4 is 25.8 Å². The summed E-state index contributed by atoms with van der Waals surface area (Å²) in [6.07, 6.45) is 0.787. The van der Waals surface area contributed by atoms with Gasteiger partial charge in [0.15, 0.2) is 9.84 Å². The molecule has 0 radical (unpaired) electrons. The zero-order chi connectivity index (χ0) is 12.5. The Morgan fingerprint density at radius 1 is 1.29 bits per heavy atom. The van der Waals surface area contributed by atoms with Gasteiger partial charge in [-0.15, -0.1) is 0 Å². The van der Waals surface area contributed by atoms with Crippen LogP contribution in [0.25, 0.3) is 0 Å². The van der Waals surface area contributed by atoms with Crippen molar-refractivity contribution in [2.24, 2.45) is 5.92 Å². The predicted octanol–water partition coefficient (Wildman–Crippen LogP) is 2.99. The molecule has 3 atom stereocenters. The van der Waals surface area contributed by atoms with Crippen molar-refractivity contribution in [2.75, 3.05) is 11.5 Å². The van der Waals surface area contributed by atoms with Crippen LogP contribution < -0.4 is 0 Å². The Labute approximate surface area is 111 Å². The second kappa shape index (κ2) is 5.11. The van der Waals surface area contributed by atoms with E-state index >= 15 is 0 Å². The quantitative estimate of drug-likeness (QED) is 0.803. The van der Waals surface area contributed by atoms with Gasteiger partial charge in [-0.3, -0.25) is 0 Å². The van der Waals surface area contributed by atoms with E-state index in [9.17, 15) is 8.42 Å². The maximum Gasteiger partial charge on any atom is 0.150 e. The van der Waals surface area contributed by atoms with Crippen molar-refractivity contribution < 1.29 is 8.42 Å². The largest absolute Gasteiger partial charge is 0.229 e.